The summed E-state index contributed by atoms with van der Waals surface area (Å²) in [6.45, 7) is 5.91. The van der Waals surface area contributed by atoms with Crippen LogP contribution in [0, 0.1) is 6.92 Å². The van der Waals surface area contributed by atoms with Crippen molar-refractivity contribution in [3.63, 3.8) is 0 Å². The van der Waals surface area contributed by atoms with E-state index in [9.17, 15) is 0 Å². The van der Waals surface area contributed by atoms with Gasteiger partial charge in [0, 0.05) is 19.0 Å². The first-order valence-electron chi connectivity index (χ1n) is 7.12. The van der Waals surface area contributed by atoms with E-state index < -0.39 is 0 Å². The lowest BCUT2D eigenvalue weighted by atomic mass is 10.2. The molecule has 2 aromatic heterocycles. The largest absolute Gasteiger partial charge is 0.441 e. The van der Waals surface area contributed by atoms with Crippen molar-refractivity contribution in [2.75, 3.05) is 5.32 Å². The molecule has 3 rings (SSSR count). The van der Waals surface area contributed by atoms with Gasteiger partial charge in [-0.05, 0) is 31.5 Å². The van der Waals surface area contributed by atoms with Crippen molar-refractivity contribution in [2.24, 2.45) is 0 Å². The minimum atomic E-state index is -0.0615. The Labute approximate surface area is 122 Å². The molecule has 0 amide bonds. The molecule has 3 aromatic rings. The maximum atomic E-state index is 5.46. The summed E-state index contributed by atoms with van der Waals surface area (Å²) in [6.07, 6.45) is 1.84. The molecule has 0 aliphatic rings. The third kappa shape index (κ3) is 2.89. The zero-order valence-corrected chi connectivity index (χ0v) is 12.4. The number of aromatic nitrogens is 3. The van der Waals surface area contributed by atoms with Gasteiger partial charge in [-0.15, -0.1) is 0 Å². The van der Waals surface area contributed by atoms with Gasteiger partial charge in [0.2, 0.25) is 5.89 Å². The van der Waals surface area contributed by atoms with Crippen molar-refractivity contribution < 1.29 is 8.94 Å². The Hall–Kier alpha value is -2.37. The third-order valence-corrected chi connectivity index (χ3v) is 3.21. The number of nitrogens with one attached hydrogen (secondary N) is 1. The highest BCUT2D eigenvalue weighted by atomic mass is 16.5. The maximum Gasteiger partial charge on any atom is 0.248 e. The normalized spacial score (nSPS) is 12.7. The number of anilines is 1. The average molecular weight is 286 g/mol. The van der Waals surface area contributed by atoms with Crippen molar-refractivity contribution in [1.82, 2.24) is 15.1 Å². The van der Waals surface area contributed by atoms with Gasteiger partial charge < -0.3 is 14.3 Å². The van der Waals surface area contributed by atoms with Gasteiger partial charge in [0.15, 0.2) is 17.3 Å². The molecule has 2 heterocycles. The monoisotopic (exact) mass is 286 g/mol. The van der Waals surface area contributed by atoms with Gasteiger partial charge in [0.25, 0.3) is 0 Å². The van der Waals surface area contributed by atoms with E-state index in [1.165, 1.54) is 0 Å². The molecule has 0 aliphatic carbocycles. The summed E-state index contributed by atoms with van der Waals surface area (Å²) in [5, 5.41) is 7.31. The molecule has 0 saturated heterocycles. The third-order valence-electron chi connectivity index (χ3n) is 3.21. The molecule has 110 valence electrons. The summed E-state index contributed by atoms with van der Waals surface area (Å²) in [5.74, 6) is 2.01. The molecule has 0 saturated carbocycles. The standard InChI is InChI=1S/C15H18N4O2/c1-4-5-14-18-15(21-19-14)9(2)16-11-6-7-13-12(8-11)17-10(3)20-13/h6-9,16H,4-5H2,1-3H3/t9-/m0/s1. The lowest BCUT2D eigenvalue weighted by molar-refractivity contribution is 0.362. The van der Waals surface area contributed by atoms with E-state index in [1.807, 2.05) is 32.0 Å². The highest BCUT2D eigenvalue weighted by Gasteiger charge is 2.14. The van der Waals surface area contributed by atoms with Crippen LogP contribution in [0.2, 0.25) is 0 Å². The quantitative estimate of drug-likeness (QED) is 0.771. The predicted molar refractivity (Wildman–Crippen MR) is 79.1 cm³/mol. The number of hydrogen-bond donors (Lipinski definition) is 1. The average Bonchev–Trinajstić information content (AvgIpc) is 3.04. The fourth-order valence-electron chi connectivity index (χ4n) is 2.21. The van der Waals surface area contributed by atoms with Crippen LogP contribution in [0.4, 0.5) is 5.69 Å². The predicted octanol–water partition coefficient (Wildman–Crippen LogP) is 3.64. The lowest BCUT2D eigenvalue weighted by Crippen LogP contribution is -2.07. The number of fused-ring (bicyclic) bond motifs is 1. The molecular weight excluding hydrogens is 268 g/mol. The van der Waals surface area contributed by atoms with E-state index in [-0.39, 0.29) is 6.04 Å². The van der Waals surface area contributed by atoms with Crippen molar-refractivity contribution in [3.8, 4) is 0 Å². The van der Waals surface area contributed by atoms with Gasteiger partial charge in [-0.3, -0.25) is 0 Å². The molecule has 1 atom stereocenters. The molecule has 1 aromatic carbocycles. The Balaban J connectivity index is 1.76. The first kappa shape index (κ1) is 13.6. The van der Waals surface area contributed by atoms with Crippen LogP contribution in [0.1, 0.15) is 43.9 Å². The van der Waals surface area contributed by atoms with Crippen LogP contribution in [-0.2, 0) is 6.42 Å². The van der Waals surface area contributed by atoms with Crippen LogP contribution in [0.25, 0.3) is 11.1 Å². The number of oxazole rings is 1. The molecule has 21 heavy (non-hydrogen) atoms. The summed E-state index contributed by atoms with van der Waals surface area (Å²) in [5.41, 5.74) is 2.56. The molecule has 1 N–H and O–H groups in total. The summed E-state index contributed by atoms with van der Waals surface area (Å²) < 4.78 is 10.7. The number of rotatable bonds is 5. The summed E-state index contributed by atoms with van der Waals surface area (Å²) in [7, 11) is 0. The fraction of sp³-hybridized carbons (Fsp3) is 0.400. The first-order valence-corrected chi connectivity index (χ1v) is 7.12. The van der Waals surface area contributed by atoms with Crippen molar-refractivity contribution >= 4 is 16.8 Å². The topological polar surface area (TPSA) is 77.0 Å². The van der Waals surface area contributed by atoms with E-state index in [0.717, 1.165) is 35.5 Å². The Kier molecular flexibility index (Phi) is 3.60. The fourth-order valence-corrected chi connectivity index (χ4v) is 2.21. The van der Waals surface area contributed by atoms with Gasteiger partial charge in [-0.25, -0.2) is 4.98 Å². The van der Waals surface area contributed by atoms with Crippen LogP contribution in [0.15, 0.2) is 27.1 Å². The molecule has 0 spiro atoms. The van der Waals surface area contributed by atoms with E-state index in [4.69, 9.17) is 8.94 Å². The number of nitrogens with zero attached hydrogens (tertiary/aromatic N) is 3. The SMILES string of the molecule is CCCc1noc([C@H](C)Nc2ccc3oc(C)nc3c2)n1. The van der Waals surface area contributed by atoms with Crippen molar-refractivity contribution in [3.05, 3.63) is 35.8 Å². The van der Waals surface area contributed by atoms with Gasteiger partial charge in [-0.1, -0.05) is 12.1 Å². The van der Waals surface area contributed by atoms with Crippen LogP contribution >= 0.6 is 0 Å². The smallest absolute Gasteiger partial charge is 0.248 e. The minimum absolute atomic E-state index is 0.0615. The molecule has 6 nitrogen and oxygen atoms in total. The summed E-state index contributed by atoms with van der Waals surface area (Å²) >= 11 is 0. The molecular formula is C15H18N4O2. The summed E-state index contributed by atoms with van der Waals surface area (Å²) in [4.78, 5) is 8.71. The molecule has 0 aliphatic heterocycles. The highest BCUT2D eigenvalue weighted by Crippen LogP contribution is 2.23. The molecule has 0 bridgehead atoms. The molecule has 0 fully saturated rings. The van der Waals surface area contributed by atoms with E-state index in [0.29, 0.717) is 11.8 Å². The Bertz CT molecular complexity index is 747. The number of benzene rings is 1. The van der Waals surface area contributed by atoms with E-state index >= 15 is 0 Å². The molecule has 6 heteroatoms. The minimum Gasteiger partial charge on any atom is -0.441 e. The zero-order valence-electron chi connectivity index (χ0n) is 12.4. The Morgan fingerprint density at radius 3 is 2.95 bits per heavy atom. The van der Waals surface area contributed by atoms with Gasteiger partial charge in [0.05, 0.1) is 0 Å². The van der Waals surface area contributed by atoms with Crippen molar-refractivity contribution in [1.29, 1.82) is 0 Å². The molecule has 0 unspecified atom stereocenters. The first-order chi connectivity index (χ1) is 10.2. The highest BCUT2D eigenvalue weighted by molar-refractivity contribution is 5.77. The molecule has 0 radical (unpaired) electrons. The Morgan fingerprint density at radius 2 is 2.14 bits per heavy atom. The zero-order chi connectivity index (χ0) is 14.8. The number of hydrogen-bond acceptors (Lipinski definition) is 6. The lowest BCUT2D eigenvalue weighted by Gasteiger charge is -2.10. The van der Waals surface area contributed by atoms with E-state index in [2.05, 4.69) is 27.4 Å². The van der Waals surface area contributed by atoms with Crippen LogP contribution < -0.4 is 5.32 Å². The van der Waals surface area contributed by atoms with Crippen molar-refractivity contribution in [2.45, 2.75) is 39.7 Å². The second-order valence-corrected chi connectivity index (χ2v) is 5.08. The second kappa shape index (κ2) is 5.55. The second-order valence-electron chi connectivity index (χ2n) is 5.08. The Morgan fingerprint density at radius 1 is 1.29 bits per heavy atom. The van der Waals surface area contributed by atoms with Crippen LogP contribution in [-0.4, -0.2) is 15.1 Å². The number of aryl methyl sites for hydroxylation is 2. The summed E-state index contributed by atoms with van der Waals surface area (Å²) in [6, 6.07) is 5.74. The van der Waals surface area contributed by atoms with Crippen LogP contribution in [0.5, 0.6) is 0 Å². The van der Waals surface area contributed by atoms with Gasteiger partial charge in [-0.2, -0.15) is 4.98 Å². The maximum absolute atomic E-state index is 5.46. The van der Waals surface area contributed by atoms with Gasteiger partial charge in [0.1, 0.15) is 11.6 Å². The van der Waals surface area contributed by atoms with Gasteiger partial charge >= 0.3 is 0 Å². The van der Waals surface area contributed by atoms with Crippen LogP contribution in [0.3, 0.4) is 0 Å². The van der Waals surface area contributed by atoms with E-state index in [1.54, 1.807) is 0 Å².